The maximum Gasteiger partial charge on any atom is 0.222 e. The molecule has 0 amide bonds. The predicted octanol–water partition coefficient (Wildman–Crippen LogP) is 3.13. The number of aromatic nitrogens is 3. The quantitative estimate of drug-likeness (QED) is 0.687. The van der Waals surface area contributed by atoms with Gasteiger partial charge in [-0.1, -0.05) is 18.2 Å². The number of fused-ring (bicyclic) bond motifs is 1. The van der Waals surface area contributed by atoms with Crippen molar-refractivity contribution in [2.75, 3.05) is 0 Å². The summed E-state index contributed by atoms with van der Waals surface area (Å²) < 4.78 is 5.73. The molecule has 88 valence electrons. The molecule has 4 nitrogen and oxygen atoms in total. The Labute approximate surface area is 104 Å². The van der Waals surface area contributed by atoms with Gasteiger partial charge in [0.15, 0.2) is 5.75 Å². The van der Waals surface area contributed by atoms with Gasteiger partial charge in [0, 0.05) is 23.3 Å². The maximum atomic E-state index is 5.73. The number of para-hydroxylation sites is 1. The van der Waals surface area contributed by atoms with Crippen molar-refractivity contribution in [3.05, 3.63) is 54.6 Å². The van der Waals surface area contributed by atoms with Gasteiger partial charge in [-0.25, -0.2) is 15.0 Å². The third-order valence-corrected chi connectivity index (χ3v) is 2.59. The second-order valence-corrected chi connectivity index (χ2v) is 3.93. The van der Waals surface area contributed by atoms with Crippen molar-refractivity contribution in [2.24, 2.45) is 0 Å². The van der Waals surface area contributed by atoms with Crippen LogP contribution in [0.25, 0.3) is 10.9 Å². The first kappa shape index (κ1) is 10.7. The van der Waals surface area contributed by atoms with Crippen LogP contribution >= 0.6 is 0 Å². The summed E-state index contributed by atoms with van der Waals surface area (Å²) in [6.07, 6.45) is 3.10. The van der Waals surface area contributed by atoms with E-state index in [1.807, 2.05) is 37.3 Å². The molecule has 3 aromatic rings. The van der Waals surface area contributed by atoms with Crippen LogP contribution in [-0.2, 0) is 0 Å². The SMILES string of the molecule is Cc1ccc2cccc(Oc3ccncn3)c2n1. The molecule has 0 unspecified atom stereocenters. The van der Waals surface area contributed by atoms with E-state index in [9.17, 15) is 0 Å². The molecule has 0 aliphatic rings. The lowest BCUT2D eigenvalue weighted by Gasteiger charge is -2.07. The van der Waals surface area contributed by atoms with Crippen LogP contribution < -0.4 is 4.74 Å². The zero-order valence-corrected chi connectivity index (χ0v) is 9.87. The molecule has 2 aromatic heterocycles. The Balaban J connectivity index is 2.09. The van der Waals surface area contributed by atoms with Crippen LogP contribution in [0.5, 0.6) is 11.6 Å². The summed E-state index contributed by atoms with van der Waals surface area (Å²) in [4.78, 5) is 12.4. The fourth-order valence-corrected chi connectivity index (χ4v) is 1.75. The third kappa shape index (κ3) is 2.00. The molecule has 2 heterocycles. The van der Waals surface area contributed by atoms with E-state index in [0.29, 0.717) is 11.6 Å². The Bertz CT molecular complexity index is 683. The summed E-state index contributed by atoms with van der Waals surface area (Å²) in [6, 6.07) is 11.6. The Kier molecular flexibility index (Phi) is 2.61. The fourth-order valence-electron chi connectivity index (χ4n) is 1.75. The molecule has 0 atom stereocenters. The summed E-state index contributed by atoms with van der Waals surface area (Å²) >= 11 is 0. The van der Waals surface area contributed by atoms with Crippen molar-refractivity contribution in [1.29, 1.82) is 0 Å². The maximum absolute atomic E-state index is 5.73. The second-order valence-electron chi connectivity index (χ2n) is 3.93. The first-order valence-electron chi connectivity index (χ1n) is 5.63. The van der Waals surface area contributed by atoms with Crippen molar-refractivity contribution in [2.45, 2.75) is 6.92 Å². The van der Waals surface area contributed by atoms with Gasteiger partial charge < -0.3 is 4.74 Å². The molecule has 0 aliphatic carbocycles. The van der Waals surface area contributed by atoms with E-state index < -0.39 is 0 Å². The summed E-state index contributed by atoms with van der Waals surface area (Å²) in [7, 11) is 0. The monoisotopic (exact) mass is 237 g/mol. The highest BCUT2D eigenvalue weighted by atomic mass is 16.5. The van der Waals surface area contributed by atoms with Gasteiger partial charge in [0.1, 0.15) is 11.8 Å². The number of pyridine rings is 1. The van der Waals surface area contributed by atoms with E-state index in [0.717, 1.165) is 16.6 Å². The van der Waals surface area contributed by atoms with E-state index >= 15 is 0 Å². The highest BCUT2D eigenvalue weighted by Crippen LogP contribution is 2.27. The van der Waals surface area contributed by atoms with E-state index in [4.69, 9.17) is 4.74 Å². The topological polar surface area (TPSA) is 47.9 Å². The first-order chi connectivity index (χ1) is 8.83. The van der Waals surface area contributed by atoms with E-state index in [1.165, 1.54) is 6.33 Å². The number of nitrogens with zero attached hydrogens (tertiary/aromatic N) is 3. The van der Waals surface area contributed by atoms with Gasteiger partial charge >= 0.3 is 0 Å². The summed E-state index contributed by atoms with van der Waals surface area (Å²) in [5.74, 6) is 1.22. The van der Waals surface area contributed by atoms with Crippen molar-refractivity contribution in [1.82, 2.24) is 15.0 Å². The highest BCUT2D eigenvalue weighted by Gasteiger charge is 2.05. The van der Waals surface area contributed by atoms with Crippen LogP contribution in [0.4, 0.5) is 0 Å². The third-order valence-electron chi connectivity index (χ3n) is 2.59. The lowest BCUT2D eigenvalue weighted by Crippen LogP contribution is -1.91. The van der Waals surface area contributed by atoms with Crippen molar-refractivity contribution in [3.63, 3.8) is 0 Å². The van der Waals surface area contributed by atoms with Crippen LogP contribution in [0.3, 0.4) is 0 Å². The Morgan fingerprint density at radius 1 is 1.06 bits per heavy atom. The van der Waals surface area contributed by atoms with Crippen molar-refractivity contribution < 1.29 is 4.74 Å². The minimum atomic E-state index is 0.515. The van der Waals surface area contributed by atoms with Crippen molar-refractivity contribution in [3.8, 4) is 11.6 Å². The average molecular weight is 237 g/mol. The van der Waals surface area contributed by atoms with Crippen LogP contribution in [0.1, 0.15) is 5.69 Å². The molecular formula is C14H11N3O. The highest BCUT2D eigenvalue weighted by molar-refractivity contribution is 5.84. The van der Waals surface area contributed by atoms with Gasteiger partial charge in [-0.05, 0) is 19.1 Å². The summed E-state index contributed by atoms with van der Waals surface area (Å²) in [5.41, 5.74) is 1.80. The molecule has 0 saturated heterocycles. The molecule has 3 rings (SSSR count). The van der Waals surface area contributed by atoms with Gasteiger partial charge in [0.05, 0.1) is 0 Å². The average Bonchev–Trinajstić information content (AvgIpc) is 2.41. The minimum absolute atomic E-state index is 0.515. The number of benzene rings is 1. The van der Waals surface area contributed by atoms with E-state index in [-0.39, 0.29) is 0 Å². The number of rotatable bonds is 2. The van der Waals surface area contributed by atoms with Crippen LogP contribution in [0, 0.1) is 6.92 Å². The number of aryl methyl sites for hydroxylation is 1. The first-order valence-corrected chi connectivity index (χ1v) is 5.63. The van der Waals surface area contributed by atoms with Gasteiger partial charge in [-0.15, -0.1) is 0 Å². The Morgan fingerprint density at radius 2 is 2.00 bits per heavy atom. The smallest absolute Gasteiger partial charge is 0.222 e. The molecule has 0 fully saturated rings. The molecule has 18 heavy (non-hydrogen) atoms. The summed E-state index contributed by atoms with van der Waals surface area (Å²) in [6.45, 7) is 1.96. The van der Waals surface area contributed by atoms with Gasteiger partial charge in [-0.2, -0.15) is 0 Å². The Morgan fingerprint density at radius 3 is 2.83 bits per heavy atom. The number of hydrogen-bond donors (Lipinski definition) is 0. The van der Waals surface area contributed by atoms with Gasteiger partial charge in [0.25, 0.3) is 0 Å². The van der Waals surface area contributed by atoms with Gasteiger partial charge in [-0.3, -0.25) is 0 Å². The van der Waals surface area contributed by atoms with Crippen molar-refractivity contribution >= 4 is 10.9 Å². The molecule has 0 radical (unpaired) electrons. The largest absolute Gasteiger partial charge is 0.437 e. The molecule has 0 bridgehead atoms. The molecule has 0 saturated carbocycles. The molecule has 0 aliphatic heterocycles. The number of hydrogen-bond acceptors (Lipinski definition) is 4. The van der Waals surface area contributed by atoms with E-state index in [2.05, 4.69) is 15.0 Å². The lowest BCUT2D eigenvalue weighted by atomic mass is 10.2. The Hall–Kier alpha value is -2.49. The van der Waals surface area contributed by atoms with E-state index in [1.54, 1.807) is 12.3 Å². The zero-order valence-electron chi connectivity index (χ0n) is 9.87. The minimum Gasteiger partial charge on any atom is -0.437 e. The summed E-state index contributed by atoms with van der Waals surface area (Å²) in [5, 5.41) is 1.05. The number of ether oxygens (including phenoxy) is 1. The molecule has 4 heteroatoms. The fraction of sp³-hybridized carbons (Fsp3) is 0.0714. The molecule has 1 aromatic carbocycles. The van der Waals surface area contributed by atoms with Gasteiger partial charge in [0.2, 0.25) is 5.88 Å². The standard InChI is InChI=1S/C14H11N3O/c1-10-5-6-11-3-2-4-12(14(11)17-10)18-13-7-8-15-9-16-13/h2-9H,1H3. The predicted molar refractivity (Wildman–Crippen MR) is 68.6 cm³/mol. The second kappa shape index (κ2) is 4.41. The molecular weight excluding hydrogens is 226 g/mol. The van der Waals surface area contributed by atoms with Crippen LogP contribution in [-0.4, -0.2) is 15.0 Å². The normalized spacial score (nSPS) is 10.5. The zero-order chi connectivity index (χ0) is 12.4. The lowest BCUT2D eigenvalue weighted by molar-refractivity contribution is 0.465. The van der Waals surface area contributed by atoms with Crippen LogP contribution in [0.15, 0.2) is 48.9 Å². The van der Waals surface area contributed by atoms with Crippen LogP contribution in [0.2, 0.25) is 0 Å². The molecule has 0 N–H and O–H groups in total. The molecule has 0 spiro atoms.